The fraction of sp³-hybridized carbons (Fsp3) is 0.682. The Hall–Kier alpha value is -1.59. The van der Waals surface area contributed by atoms with Crippen LogP contribution in [0.25, 0.3) is 0 Å². The molecule has 0 bridgehead atoms. The highest BCUT2D eigenvalue weighted by Crippen LogP contribution is 2.17. The maximum atomic E-state index is 12.4. The standard InChI is InChI=1S/C22H35N3O2/c26-21-10-6-8-19(16-21)17-25-14-7-9-20(18-25)23-22(27)11-15-24-12-4-2-1-3-5-13-24/h6,8,10,16,20,26H,1-5,7,9,11-15,17-18H2,(H,23,27)/t20-/m1/s1. The Morgan fingerprint density at radius 2 is 1.78 bits per heavy atom. The van der Waals surface area contributed by atoms with E-state index in [4.69, 9.17) is 0 Å². The highest BCUT2D eigenvalue weighted by atomic mass is 16.3. The van der Waals surface area contributed by atoms with Crippen molar-refractivity contribution in [2.75, 3.05) is 32.7 Å². The molecule has 0 spiro atoms. The molecule has 1 aromatic rings. The summed E-state index contributed by atoms with van der Waals surface area (Å²) in [5.74, 6) is 0.514. The van der Waals surface area contributed by atoms with E-state index >= 15 is 0 Å². The van der Waals surface area contributed by atoms with Gasteiger partial charge >= 0.3 is 0 Å². The molecular weight excluding hydrogens is 338 g/mol. The normalized spacial score (nSPS) is 22.7. The third-order valence-corrected chi connectivity index (χ3v) is 5.79. The monoisotopic (exact) mass is 373 g/mol. The number of hydrogen-bond donors (Lipinski definition) is 2. The first-order valence-corrected chi connectivity index (χ1v) is 10.7. The number of nitrogens with zero attached hydrogens (tertiary/aromatic N) is 2. The predicted molar refractivity (Wildman–Crippen MR) is 109 cm³/mol. The minimum absolute atomic E-state index is 0.196. The Morgan fingerprint density at radius 1 is 1.04 bits per heavy atom. The van der Waals surface area contributed by atoms with Crippen LogP contribution in [0.2, 0.25) is 0 Å². The van der Waals surface area contributed by atoms with Gasteiger partial charge in [0.25, 0.3) is 0 Å². The van der Waals surface area contributed by atoms with Crippen molar-refractivity contribution in [1.29, 1.82) is 0 Å². The number of rotatable bonds is 6. The van der Waals surface area contributed by atoms with Crippen LogP contribution in [0.3, 0.4) is 0 Å². The predicted octanol–water partition coefficient (Wildman–Crippen LogP) is 3.13. The molecule has 0 saturated carbocycles. The third kappa shape index (κ3) is 7.15. The van der Waals surface area contributed by atoms with Crippen LogP contribution in [0.4, 0.5) is 0 Å². The Morgan fingerprint density at radius 3 is 2.56 bits per heavy atom. The lowest BCUT2D eigenvalue weighted by atomic mass is 10.0. The highest BCUT2D eigenvalue weighted by Gasteiger charge is 2.21. The zero-order valence-corrected chi connectivity index (χ0v) is 16.5. The van der Waals surface area contributed by atoms with E-state index in [0.29, 0.717) is 12.2 Å². The molecule has 3 rings (SSSR count). The van der Waals surface area contributed by atoms with Crippen LogP contribution in [-0.2, 0) is 11.3 Å². The SMILES string of the molecule is O=C(CCN1CCCCCCC1)N[C@@H]1CCCN(Cc2cccc(O)c2)C1. The van der Waals surface area contributed by atoms with E-state index in [1.165, 1.54) is 32.1 Å². The lowest BCUT2D eigenvalue weighted by molar-refractivity contribution is -0.122. The summed E-state index contributed by atoms with van der Waals surface area (Å²) in [6.45, 7) is 5.96. The average Bonchev–Trinajstić information content (AvgIpc) is 2.61. The van der Waals surface area contributed by atoms with Crippen molar-refractivity contribution in [2.24, 2.45) is 0 Å². The third-order valence-electron chi connectivity index (χ3n) is 5.79. The van der Waals surface area contributed by atoms with Crippen LogP contribution in [0.1, 0.15) is 56.9 Å². The average molecular weight is 374 g/mol. The zero-order valence-electron chi connectivity index (χ0n) is 16.5. The van der Waals surface area contributed by atoms with Crippen molar-refractivity contribution >= 4 is 5.91 Å². The molecule has 0 aromatic heterocycles. The van der Waals surface area contributed by atoms with Gasteiger partial charge in [0.05, 0.1) is 0 Å². The fourth-order valence-electron chi connectivity index (χ4n) is 4.33. The molecule has 1 atom stereocenters. The molecule has 0 unspecified atom stereocenters. The number of piperidine rings is 1. The van der Waals surface area contributed by atoms with E-state index in [1.807, 2.05) is 18.2 Å². The number of carbonyl (C=O) groups is 1. The smallest absolute Gasteiger partial charge is 0.221 e. The summed E-state index contributed by atoms with van der Waals surface area (Å²) in [7, 11) is 0. The molecule has 2 aliphatic rings. The molecule has 2 saturated heterocycles. The van der Waals surface area contributed by atoms with Gasteiger partial charge in [0.2, 0.25) is 5.91 Å². The van der Waals surface area contributed by atoms with E-state index in [2.05, 4.69) is 15.1 Å². The quantitative estimate of drug-likeness (QED) is 0.804. The van der Waals surface area contributed by atoms with Gasteiger partial charge in [-0.1, -0.05) is 31.4 Å². The summed E-state index contributed by atoms with van der Waals surface area (Å²) in [4.78, 5) is 17.3. The van der Waals surface area contributed by atoms with E-state index in [-0.39, 0.29) is 11.9 Å². The molecule has 1 amide bonds. The van der Waals surface area contributed by atoms with Crippen LogP contribution in [0.15, 0.2) is 24.3 Å². The van der Waals surface area contributed by atoms with Crippen LogP contribution in [-0.4, -0.2) is 59.6 Å². The second-order valence-corrected chi connectivity index (χ2v) is 8.17. The number of benzene rings is 1. The molecule has 150 valence electrons. The number of hydrogen-bond acceptors (Lipinski definition) is 4. The Labute approximate surface area is 163 Å². The molecular formula is C22H35N3O2. The van der Waals surface area contributed by atoms with Crippen LogP contribution >= 0.6 is 0 Å². The molecule has 5 nitrogen and oxygen atoms in total. The number of phenolic OH excluding ortho intramolecular Hbond substituents is 1. The number of carbonyl (C=O) groups excluding carboxylic acids is 1. The van der Waals surface area contributed by atoms with Gasteiger partial charge in [-0.05, 0) is 63.0 Å². The minimum atomic E-state index is 0.196. The van der Waals surface area contributed by atoms with Gasteiger partial charge in [-0.15, -0.1) is 0 Å². The number of aromatic hydroxyl groups is 1. The van der Waals surface area contributed by atoms with E-state index in [9.17, 15) is 9.90 Å². The summed E-state index contributed by atoms with van der Waals surface area (Å²) in [5.41, 5.74) is 1.12. The van der Waals surface area contributed by atoms with Crippen molar-refractivity contribution < 1.29 is 9.90 Å². The van der Waals surface area contributed by atoms with Crippen molar-refractivity contribution in [3.8, 4) is 5.75 Å². The topological polar surface area (TPSA) is 55.8 Å². The summed E-state index contributed by atoms with van der Waals surface area (Å²) in [5, 5.41) is 12.9. The maximum absolute atomic E-state index is 12.4. The van der Waals surface area contributed by atoms with Crippen molar-refractivity contribution in [1.82, 2.24) is 15.1 Å². The Balaban J connectivity index is 1.39. The lowest BCUT2D eigenvalue weighted by Crippen LogP contribution is -2.47. The van der Waals surface area contributed by atoms with Crippen LogP contribution in [0.5, 0.6) is 5.75 Å². The van der Waals surface area contributed by atoms with Gasteiger partial charge < -0.3 is 15.3 Å². The first-order valence-electron chi connectivity index (χ1n) is 10.7. The molecule has 2 aliphatic heterocycles. The lowest BCUT2D eigenvalue weighted by Gasteiger charge is -2.33. The summed E-state index contributed by atoms with van der Waals surface area (Å²) in [6.07, 6.45) is 9.36. The fourth-order valence-corrected chi connectivity index (χ4v) is 4.33. The Bertz CT molecular complexity index is 585. The molecule has 2 N–H and O–H groups in total. The number of likely N-dealkylation sites (tertiary alicyclic amines) is 2. The molecule has 0 radical (unpaired) electrons. The first kappa shape index (κ1) is 20.2. The molecule has 2 heterocycles. The molecule has 27 heavy (non-hydrogen) atoms. The first-order chi connectivity index (χ1) is 13.2. The number of amides is 1. The second kappa shape index (κ2) is 10.7. The second-order valence-electron chi connectivity index (χ2n) is 8.17. The largest absolute Gasteiger partial charge is 0.508 e. The van der Waals surface area contributed by atoms with E-state index in [1.54, 1.807) is 6.07 Å². The van der Waals surface area contributed by atoms with Crippen molar-refractivity contribution in [2.45, 2.75) is 64.0 Å². The van der Waals surface area contributed by atoms with Gasteiger partial charge in [-0.25, -0.2) is 0 Å². The highest BCUT2D eigenvalue weighted by molar-refractivity contribution is 5.76. The molecule has 5 heteroatoms. The minimum Gasteiger partial charge on any atom is -0.508 e. The van der Waals surface area contributed by atoms with Gasteiger partial charge in [-0.3, -0.25) is 9.69 Å². The van der Waals surface area contributed by atoms with Gasteiger partial charge in [0, 0.05) is 32.1 Å². The molecule has 2 fully saturated rings. The number of phenols is 1. The molecule has 0 aliphatic carbocycles. The maximum Gasteiger partial charge on any atom is 0.221 e. The Kier molecular flexibility index (Phi) is 7.96. The van der Waals surface area contributed by atoms with E-state index in [0.717, 1.165) is 57.7 Å². The summed E-state index contributed by atoms with van der Waals surface area (Å²) >= 11 is 0. The van der Waals surface area contributed by atoms with E-state index < -0.39 is 0 Å². The van der Waals surface area contributed by atoms with Gasteiger partial charge in [0.15, 0.2) is 0 Å². The number of nitrogens with one attached hydrogen (secondary N) is 1. The summed E-state index contributed by atoms with van der Waals surface area (Å²) < 4.78 is 0. The van der Waals surface area contributed by atoms with Gasteiger partial charge in [-0.2, -0.15) is 0 Å². The zero-order chi connectivity index (χ0) is 18.9. The van der Waals surface area contributed by atoms with Crippen molar-refractivity contribution in [3.05, 3.63) is 29.8 Å². The summed E-state index contributed by atoms with van der Waals surface area (Å²) in [6, 6.07) is 7.71. The van der Waals surface area contributed by atoms with Crippen molar-refractivity contribution in [3.63, 3.8) is 0 Å². The van der Waals surface area contributed by atoms with Crippen LogP contribution < -0.4 is 5.32 Å². The molecule has 1 aromatic carbocycles. The van der Waals surface area contributed by atoms with Gasteiger partial charge in [0.1, 0.15) is 5.75 Å². The van der Waals surface area contributed by atoms with Crippen LogP contribution in [0, 0.1) is 0 Å².